The van der Waals surface area contributed by atoms with Gasteiger partial charge in [-0.2, -0.15) is 5.10 Å². The summed E-state index contributed by atoms with van der Waals surface area (Å²) in [6.45, 7) is 7.61. The first-order chi connectivity index (χ1) is 9.95. The van der Waals surface area contributed by atoms with Crippen LogP contribution in [-0.4, -0.2) is 25.7 Å². The van der Waals surface area contributed by atoms with Crippen LogP contribution in [0, 0.1) is 0 Å². The van der Waals surface area contributed by atoms with Crippen molar-refractivity contribution in [2.24, 2.45) is 0 Å². The molecule has 21 heavy (non-hydrogen) atoms. The molecule has 0 fully saturated rings. The quantitative estimate of drug-likeness (QED) is 0.887. The maximum atomic E-state index is 11.8. The molecule has 0 aliphatic heterocycles. The highest BCUT2D eigenvalue weighted by molar-refractivity contribution is 7.09. The van der Waals surface area contributed by atoms with Gasteiger partial charge in [0, 0.05) is 23.8 Å². The molecule has 0 radical (unpaired) electrons. The molecule has 1 N–H and O–H groups in total. The molecule has 1 amide bonds. The first-order valence-corrected chi connectivity index (χ1v) is 7.87. The van der Waals surface area contributed by atoms with Crippen molar-refractivity contribution in [1.29, 1.82) is 0 Å². The molecule has 114 valence electrons. The predicted molar refractivity (Wildman–Crippen MR) is 81.9 cm³/mol. The summed E-state index contributed by atoms with van der Waals surface area (Å²) in [5.41, 5.74) is 1.12. The van der Waals surface area contributed by atoms with Crippen LogP contribution in [0.1, 0.15) is 44.3 Å². The Morgan fingerprint density at radius 1 is 1.43 bits per heavy atom. The van der Waals surface area contributed by atoms with Crippen molar-refractivity contribution >= 4 is 17.2 Å². The number of nitrogens with one attached hydrogen (secondary N) is 1. The summed E-state index contributed by atoms with van der Waals surface area (Å²) in [4.78, 5) is 20.2. The van der Waals surface area contributed by atoms with Gasteiger partial charge in [0.2, 0.25) is 5.91 Å². The standard InChI is InChI=1S/C14H21N5OS/c1-14(2,3)11-8-21-13(18-11)7-16-12(20)5-4-6-19-10-15-9-17-19/h8-10H,4-7H2,1-3H3,(H,16,20). The normalized spacial score (nSPS) is 11.6. The predicted octanol–water partition coefficient (Wildman–Crippen LogP) is 2.13. The number of rotatable bonds is 6. The van der Waals surface area contributed by atoms with Crippen molar-refractivity contribution in [3.05, 3.63) is 28.7 Å². The van der Waals surface area contributed by atoms with Gasteiger partial charge in [0.25, 0.3) is 0 Å². The minimum atomic E-state index is 0.0441. The summed E-state index contributed by atoms with van der Waals surface area (Å²) >= 11 is 1.59. The fourth-order valence-electron chi connectivity index (χ4n) is 1.75. The second-order valence-corrected chi connectivity index (χ2v) is 6.86. The van der Waals surface area contributed by atoms with E-state index in [0.29, 0.717) is 19.5 Å². The van der Waals surface area contributed by atoms with Gasteiger partial charge >= 0.3 is 0 Å². The van der Waals surface area contributed by atoms with Crippen LogP contribution in [-0.2, 0) is 23.3 Å². The minimum Gasteiger partial charge on any atom is -0.350 e. The molecule has 2 aromatic heterocycles. The smallest absolute Gasteiger partial charge is 0.220 e. The van der Waals surface area contributed by atoms with Gasteiger partial charge < -0.3 is 5.32 Å². The summed E-state index contributed by atoms with van der Waals surface area (Å²) in [5, 5.41) is 9.92. The van der Waals surface area contributed by atoms with Gasteiger partial charge in [0.15, 0.2) is 0 Å². The Hall–Kier alpha value is -1.76. The van der Waals surface area contributed by atoms with Crippen LogP contribution in [0.15, 0.2) is 18.0 Å². The molecular formula is C14H21N5OS. The third-order valence-electron chi connectivity index (χ3n) is 3.01. The number of hydrogen-bond acceptors (Lipinski definition) is 5. The van der Waals surface area contributed by atoms with Gasteiger partial charge in [-0.3, -0.25) is 9.48 Å². The Morgan fingerprint density at radius 3 is 2.86 bits per heavy atom. The molecule has 0 atom stereocenters. The van der Waals surface area contributed by atoms with E-state index in [1.807, 2.05) is 0 Å². The lowest BCUT2D eigenvalue weighted by atomic mass is 9.93. The van der Waals surface area contributed by atoms with Crippen molar-refractivity contribution in [1.82, 2.24) is 25.1 Å². The number of nitrogens with zero attached hydrogens (tertiary/aromatic N) is 4. The van der Waals surface area contributed by atoms with Crippen LogP contribution >= 0.6 is 11.3 Å². The fraction of sp³-hybridized carbons (Fsp3) is 0.571. The average molecular weight is 307 g/mol. The lowest BCUT2D eigenvalue weighted by Gasteiger charge is -2.14. The second-order valence-electron chi connectivity index (χ2n) is 5.92. The molecule has 0 aliphatic rings. The Labute approximate surface area is 128 Å². The van der Waals surface area contributed by atoms with Crippen molar-refractivity contribution in [3.8, 4) is 0 Å². The molecule has 0 saturated heterocycles. The monoisotopic (exact) mass is 307 g/mol. The molecule has 7 heteroatoms. The van der Waals surface area contributed by atoms with Crippen LogP contribution in [0.25, 0.3) is 0 Å². The Balaban J connectivity index is 1.70. The zero-order valence-electron chi connectivity index (χ0n) is 12.7. The van der Waals surface area contributed by atoms with Gasteiger partial charge in [-0.25, -0.2) is 9.97 Å². The largest absolute Gasteiger partial charge is 0.350 e. The van der Waals surface area contributed by atoms with Gasteiger partial charge in [0.05, 0.1) is 12.2 Å². The molecule has 6 nitrogen and oxygen atoms in total. The van der Waals surface area contributed by atoms with Crippen LogP contribution in [0.2, 0.25) is 0 Å². The molecule has 0 bridgehead atoms. The fourth-order valence-corrected chi connectivity index (χ4v) is 2.71. The van der Waals surface area contributed by atoms with Crippen molar-refractivity contribution in [2.75, 3.05) is 0 Å². The van der Waals surface area contributed by atoms with Crippen LogP contribution < -0.4 is 5.32 Å². The van der Waals surface area contributed by atoms with E-state index in [2.05, 4.69) is 46.5 Å². The number of amides is 1. The zero-order chi connectivity index (χ0) is 15.3. The summed E-state index contributed by atoms with van der Waals surface area (Å²) in [7, 11) is 0. The molecule has 0 spiro atoms. The topological polar surface area (TPSA) is 72.7 Å². The van der Waals surface area contributed by atoms with Crippen LogP contribution in [0.3, 0.4) is 0 Å². The SMILES string of the molecule is CC(C)(C)c1csc(CNC(=O)CCCn2cncn2)n1. The van der Waals surface area contributed by atoms with E-state index in [1.54, 1.807) is 22.3 Å². The third kappa shape index (κ3) is 4.93. The highest BCUT2D eigenvalue weighted by Gasteiger charge is 2.17. The Morgan fingerprint density at radius 2 is 2.24 bits per heavy atom. The van der Waals surface area contributed by atoms with Crippen molar-refractivity contribution in [2.45, 2.75) is 52.1 Å². The molecule has 0 aliphatic carbocycles. The molecule has 0 saturated carbocycles. The van der Waals surface area contributed by atoms with E-state index in [1.165, 1.54) is 6.33 Å². The average Bonchev–Trinajstić information content (AvgIpc) is 3.06. The Kier molecular flexibility index (Phi) is 5.06. The molecule has 2 rings (SSSR count). The van der Waals surface area contributed by atoms with E-state index in [4.69, 9.17) is 0 Å². The maximum absolute atomic E-state index is 11.8. The van der Waals surface area contributed by atoms with Gasteiger partial charge in [-0.15, -0.1) is 11.3 Å². The number of carbonyl (C=O) groups is 1. The minimum absolute atomic E-state index is 0.0441. The van der Waals surface area contributed by atoms with E-state index in [9.17, 15) is 4.79 Å². The zero-order valence-corrected chi connectivity index (χ0v) is 13.5. The molecule has 0 unspecified atom stereocenters. The highest BCUT2D eigenvalue weighted by atomic mass is 32.1. The molecule has 2 aromatic rings. The number of hydrogen-bond donors (Lipinski definition) is 1. The second kappa shape index (κ2) is 6.80. The molecular weight excluding hydrogens is 286 g/mol. The molecule has 2 heterocycles. The first-order valence-electron chi connectivity index (χ1n) is 6.99. The summed E-state index contributed by atoms with van der Waals surface area (Å²) in [6.07, 6.45) is 4.38. The van der Waals surface area contributed by atoms with Crippen LogP contribution in [0.5, 0.6) is 0 Å². The first kappa shape index (κ1) is 15.6. The van der Waals surface area contributed by atoms with E-state index in [-0.39, 0.29) is 11.3 Å². The maximum Gasteiger partial charge on any atom is 0.220 e. The third-order valence-corrected chi connectivity index (χ3v) is 3.86. The lowest BCUT2D eigenvalue weighted by Crippen LogP contribution is -2.23. The van der Waals surface area contributed by atoms with E-state index >= 15 is 0 Å². The number of aromatic nitrogens is 4. The molecule has 0 aromatic carbocycles. The summed E-state index contributed by atoms with van der Waals surface area (Å²) in [6, 6.07) is 0. The van der Waals surface area contributed by atoms with Crippen LogP contribution in [0.4, 0.5) is 0 Å². The number of carbonyl (C=O) groups excluding carboxylic acids is 1. The Bertz CT molecular complexity index is 570. The number of aryl methyl sites for hydroxylation is 1. The lowest BCUT2D eigenvalue weighted by molar-refractivity contribution is -0.121. The van der Waals surface area contributed by atoms with Crippen molar-refractivity contribution in [3.63, 3.8) is 0 Å². The van der Waals surface area contributed by atoms with E-state index in [0.717, 1.165) is 17.1 Å². The summed E-state index contributed by atoms with van der Waals surface area (Å²) < 4.78 is 1.73. The summed E-state index contributed by atoms with van der Waals surface area (Å²) in [5.74, 6) is 0.0441. The van der Waals surface area contributed by atoms with Gasteiger partial charge in [-0.05, 0) is 6.42 Å². The van der Waals surface area contributed by atoms with Gasteiger partial charge in [-0.1, -0.05) is 20.8 Å². The van der Waals surface area contributed by atoms with E-state index < -0.39 is 0 Å². The van der Waals surface area contributed by atoms with Gasteiger partial charge in [0.1, 0.15) is 17.7 Å². The van der Waals surface area contributed by atoms with Crippen molar-refractivity contribution < 1.29 is 4.79 Å². The highest BCUT2D eigenvalue weighted by Crippen LogP contribution is 2.23. The number of thiazole rings is 1.